The highest BCUT2D eigenvalue weighted by Crippen LogP contribution is 2.32. The van der Waals surface area contributed by atoms with Gasteiger partial charge in [-0.05, 0) is 44.4 Å². The summed E-state index contributed by atoms with van der Waals surface area (Å²) in [6, 6.07) is 8.23. The van der Waals surface area contributed by atoms with Gasteiger partial charge >= 0.3 is 0 Å². The minimum Gasteiger partial charge on any atom is -0.368 e. The summed E-state index contributed by atoms with van der Waals surface area (Å²) in [6.07, 6.45) is 2.98. The molecule has 0 bridgehead atoms. The summed E-state index contributed by atoms with van der Waals surface area (Å²) < 4.78 is 0. The fraction of sp³-hybridized carbons (Fsp3) is 0.533. The smallest absolute Gasteiger partial charge is 0.237 e. The molecule has 1 aliphatic rings. The monoisotopic (exact) mass is 312 g/mol. The van der Waals surface area contributed by atoms with Gasteiger partial charge in [0.25, 0.3) is 0 Å². The first-order chi connectivity index (χ1) is 9.39. The van der Waals surface area contributed by atoms with Crippen molar-refractivity contribution in [3.05, 3.63) is 29.3 Å². The summed E-state index contributed by atoms with van der Waals surface area (Å²) in [4.78, 5) is 12.9. The molecule has 1 aliphatic carbocycles. The van der Waals surface area contributed by atoms with E-state index in [2.05, 4.69) is 12.2 Å². The Morgan fingerprint density at radius 3 is 2.85 bits per heavy atom. The van der Waals surface area contributed by atoms with E-state index in [1.165, 1.54) is 0 Å². The largest absolute Gasteiger partial charge is 0.368 e. The van der Waals surface area contributed by atoms with Crippen LogP contribution >= 0.6 is 23.4 Å². The van der Waals surface area contributed by atoms with E-state index in [9.17, 15) is 4.79 Å². The van der Waals surface area contributed by atoms with Crippen LogP contribution in [0.15, 0.2) is 29.2 Å². The lowest BCUT2D eigenvalue weighted by molar-refractivity contribution is -0.124. The number of nitrogens with two attached hydrogens (primary N) is 1. The molecule has 1 aromatic rings. The van der Waals surface area contributed by atoms with Gasteiger partial charge in [0.15, 0.2) is 0 Å². The highest BCUT2D eigenvalue weighted by atomic mass is 35.5. The number of primary amides is 1. The second-order valence-corrected chi connectivity index (χ2v) is 7.65. The SMILES string of the molecule is CC(CC(C)(NC1CC1)C(N)=O)Sc1cccc(Cl)c1. The van der Waals surface area contributed by atoms with Crippen molar-refractivity contribution in [2.75, 3.05) is 0 Å². The van der Waals surface area contributed by atoms with Crippen LogP contribution in [-0.4, -0.2) is 22.7 Å². The van der Waals surface area contributed by atoms with Crippen LogP contribution in [0.2, 0.25) is 5.02 Å². The molecule has 0 saturated heterocycles. The van der Waals surface area contributed by atoms with E-state index in [4.69, 9.17) is 17.3 Å². The van der Waals surface area contributed by atoms with Crippen LogP contribution in [0, 0.1) is 0 Å². The highest BCUT2D eigenvalue weighted by molar-refractivity contribution is 8.00. The van der Waals surface area contributed by atoms with Crippen LogP contribution in [0.5, 0.6) is 0 Å². The summed E-state index contributed by atoms with van der Waals surface area (Å²) in [6.45, 7) is 4.02. The predicted molar refractivity (Wildman–Crippen MR) is 85.1 cm³/mol. The maximum absolute atomic E-state index is 11.8. The van der Waals surface area contributed by atoms with Crippen LogP contribution in [-0.2, 0) is 4.79 Å². The Hall–Kier alpha value is -0.710. The van der Waals surface area contributed by atoms with E-state index >= 15 is 0 Å². The molecule has 2 atom stereocenters. The highest BCUT2D eigenvalue weighted by Gasteiger charge is 2.38. The minimum absolute atomic E-state index is 0.275. The number of nitrogens with one attached hydrogen (secondary N) is 1. The quantitative estimate of drug-likeness (QED) is 0.760. The molecule has 110 valence electrons. The van der Waals surface area contributed by atoms with E-state index in [1.807, 2.05) is 31.2 Å². The van der Waals surface area contributed by atoms with E-state index in [1.54, 1.807) is 11.8 Å². The zero-order valence-electron chi connectivity index (χ0n) is 11.9. The molecular formula is C15H21ClN2OS. The Morgan fingerprint density at radius 1 is 1.60 bits per heavy atom. The molecule has 1 amide bonds. The van der Waals surface area contributed by atoms with Crippen molar-refractivity contribution in [3.8, 4) is 0 Å². The second-order valence-electron chi connectivity index (χ2n) is 5.70. The molecule has 20 heavy (non-hydrogen) atoms. The number of hydrogen-bond acceptors (Lipinski definition) is 3. The van der Waals surface area contributed by atoms with Crippen LogP contribution < -0.4 is 11.1 Å². The fourth-order valence-corrected chi connectivity index (χ4v) is 3.79. The normalized spacial score (nSPS) is 19.4. The van der Waals surface area contributed by atoms with Crippen molar-refractivity contribution in [3.63, 3.8) is 0 Å². The maximum Gasteiger partial charge on any atom is 0.237 e. The molecule has 0 heterocycles. The predicted octanol–water partition coefficient (Wildman–Crippen LogP) is 3.21. The van der Waals surface area contributed by atoms with Gasteiger partial charge in [-0.1, -0.05) is 24.6 Å². The van der Waals surface area contributed by atoms with Crippen LogP contribution in [0.3, 0.4) is 0 Å². The number of rotatable bonds is 7. The van der Waals surface area contributed by atoms with E-state index in [-0.39, 0.29) is 11.2 Å². The first-order valence-electron chi connectivity index (χ1n) is 6.89. The topological polar surface area (TPSA) is 55.1 Å². The van der Waals surface area contributed by atoms with Gasteiger partial charge in [0.05, 0.1) is 5.54 Å². The van der Waals surface area contributed by atoms with E-state index < -0.39 is 5.54 Å². The first-order valence-corrected chi connectivity index (χ1v) is 8.14. The molecule has 3 nitrogen and oxygen atoms in total. The third-order valence-corrected chi connectivity index (χ3v) is 4.80. The number of thioether (sulfide) groups is 1. The summed E-state index contributed by atoms with van der Waals surface area (Å²) in [5.41, 5.74) is 4.95. The molecule has 2 unspecified atom stereocenters. The number of hydrogen-bond donors (Lipinski definition) is 2. The second kappa shape index (κ2) is 6.37. The lowest BCUT2D eigenvalue weighted by Crippen LogP contribution is -2.55. The summed E-state index contributed by atoms with van der Waals surface area (Å²) in [5, 5.41) is 4.39. The van der Waals surface area contributed by atoms with Crippen LogP contribution in [0.1, 0.15) is 33.1 Å². The van der Waals surface area contributed by atoms with Gasteiger partial charge in [-0.15, -0.1) is 11.8 Å². The summed E-state index contributed by atoms with van der Waals surface area (Å²) in [7, 11) is 0. The molecule has 2 rings (SSSR count). The Bertz CT molecular complexity index is 493. The molecule has 1 fully saturated rings. The zero-order chi connectivity index (χ0) is 14.8. The van der Waals surface area contributed by atoms with Crippen molar-refractivity contribution < 1.29 is 4.79 Å². The Balaban J connectivity index is 1.97. The van der Waals surface area contributed by atoms with Crippen LogP contribution in [0.25, 0.3) is 0 Å². The third-order valence-electron chi connectivity index (χ3n) is 3.47. The molecule has 0 radical (unpaired) electrons. The Morgan fingerprint density at radius 2 is 2.30 bits per heavy atom. The van der Waals surface area contributed by atoms with Crippen molar-refractivity contribution in [1.29, 1.82) is 0 Å². The van der Waals surface area contributed by atoms with Gasteiger partial charge in [-0.2, -0.15) is 0 Å². The summed E-state index contributed by atoms with van der Waals surface area (Å²) >= 11 is 7.71. The summed E-state index contributed by atoms with van der Waals surface area (Å²) in [5.74, 6) is -0.275. The number of amides is 1. The van der Waals surface area contributed by atoms with Crippen molar-refractivity contribution in [1.82, 2.24) is 5.32 Å². The van der Waals surface area contributed by atoms with Crippen molar-refractivity contribution in [2.45, 2.75) is 54.8 Å². The standard InChI is InChI=1S/C15H21ClN2OS/c1-10(20-13-5-3-4-11(16)8-13)9-15(2,14(17)19)18-12-6-7-12/h3-5,8,10,12,18H,6-7,9H2,1-2H3,(H2,17,19). The average molecular weight is 313 g/mol. The molecule has 5 heteroatoms. The van der Waals surface area contributed by atoms with E-state index in [0.29, 0.717) is 12.5 Å². The van der Waals surface area contributed by atoms with Gasteiger partial charge in [-0.25, -0.2) is 0 Å². The molecular weight excluding hydrogens is 292 g/mol. The van der Waals surface area contributed by atoms with Gasteiger partial charge in [0.1, 0.15) is 0 Å². The van der Waals surface area contributed by atoms with Gasteiger partial charge < -0.3 is 11.1 Å². The van der Waals surface area contributed by atoms with Crippen molar-refractivity contribution in [2.24, 2.45) is 5.73 Å². The van der Waals surface area contributed by atoms with E-state index in [0.717, 1.165) is 22.8 Å². The maximum atomic E-state index is 11.8. The Labute approximate surface area is 129 Å². The molecule has 0 spiro atoms. The zero-order valence-corrected chi connectivity index (χ0v) is 13.4. The lowest BCUT2D eigenvalue weighted by Gasteiger charge is -2.30. The number of halogens is 1. The van der Waals surface area contributed by atoms with Crippen molar-refractivity contribution >= 4 is 29.3 Å². The van der Waals surface area contributed by atoms with Crippen LogP contribution in [0.4, 0.5) is 0 Å². The number of carbonyl (C=O) groups excluding carboxylic acids is 1. The minimum atomic E-state index is -0.633. The molecule has 0 aromatic heterocycles. The molecule has 1 aromatic carbocycles. The molecule has 1 saturated carbocycles. The first kappa shape index (κ1) is 15.7. The van der Waals surface area contributed by atoms with Gasteiger partial charge in [-0.3, -0.25) is 4.79 Å². The third kappa shape index (κ3) is 4.40. The average Bonchev–Trinajstić information content (AvgIpc) is 3.12. The van der Waals surface area contributed by atoms with Gasteiger partial charge in [0, 0.05) is 21.2 Å². The van der Waals surface area contributed by atoms with Gasteiger partial charge in [0.2, 0.25) is 5.91 Å². The number of benzene rings is 1. The Kier molecular flexibility index (Phi) is 4.99. The molecule has 3 N–H and O–H groups in total. The number of carbonyl (C=O) groups is 1. The lowest BCUT2D eigenvalue weighted by atomic mass is 9.95. The fourth-order valence-electron chi connectivity index (χ4n) is 2.30. The molecule has 0 aliphatic heterocycles.